The number of halogens is 2. The van der Waals surface area contributed by atoms with Gasteiger partial charge in [-0.25, -0.2) is 9.38 Å². The normalized spacial score (nSPS) is 10.3. The van der Waals surface area contributed by atoms with Crippen LogP contribution < -0.4 is 10.6 Å². The van der Waals surface area contributed by atoms with E-state index >= 15 is 0 Å². The SMILES string of the molecule is C#CCNC(=NCc1ccc(C)c(F)c1)NCC.I. The van der Waals surface area contributed by atoms with Gasteiger partial charge in [0.15, 0.2) is 5.96 Å². The minimum atomic E-state index is -0.204. The number of nitrogens with zero attached hydrogens (tertiary/aromatic N) is 1. The van der Waals surface area contributed by atoms with E-state index in [9.17, 15) is 4.39 Å². The van der Waals surface area contributed by atoms with E-state index in [1.165, 1.54) is 6.07 Å². The first-order valence-corrected chi connectivity index (χ1v) is 5.88. The average molecular weight is 375 g/mol. The monoisotopic (exact) mass is 375 g/mol. The van der Waals surface area contributed by atoms with Crippen LogP contribution in [0.4, 0.5) is 4.39 Å². The molecule has 0 aromatic heterocycles. The van der Waals surface area contributed by atoms with Crippen LogP contribution in [0.5, 0.6) is 0 Å². The standard InChI is InChI=1S/C14H18FN3.HI/c1-4-8-17-14(16-5-2)18-10-12-7-6-11(3)13(15)9-12;/h1,6-7,9H,5,8,10H2,2-3H3,(H2,16,17,18);1H. The predicted octanol–water partition coefficient (Wildman–Crippen LogP) is 2.44. The van der Waals surface area contributed by atoms with Crippen molar-refractivity contribution in [1.82, 2.24) is 10.6 Å². The van der Waals surface area contributed by atoms with Gasteiger partial charge in [-0.1, -0.05) is 18.1 Å². The van der Waals surface area contributed by atoms with Gasteiger partial charge in [0.25, 0.3) is 0 Å². The molecule has 5 heteroatoms. The summed E-state index contributed by atoms with van der Waals surface area (Å²) in [7, 11) is 0. The Hall–Kier alpha value is -1.29. The third-order valence-electron chi connectivity index (χ3n) is 2.36. The van der Waals surface area contributed by atoms with Crippen LogP contribution in [0.3, 0.4) is 0 Å². The lowest BCUT2D eigenvalue weighted by atomic mass is 10.1. The molecule has 0 bridgehead atoms. The smallest absolute Gasteiger partial charge is 0.192 e. The number of rotatable bonds is 4. The molecule has 0 heterocycles. The number of nitrogens with one attached hydrogen (secondary N) is 2. The third kappa shape index (κ3) is 6.43. The third-order valence-corrected chi connectivity index (χ3v) is 2.36. The number of benzene rings is 1. The molecule has 3 nitrogen and oxygen atoms in total. The first-order valence-electron chi connectivity index (χ1n) is 5.88. The predicted molar refractivity (Wildman–Crippen MR) is 88.2 cm³/mol. The molecule has 1 aromatic carbocycles. The van der Waals surface area contributed by atoms with E-state index in [1.54, 1.807) is 13.0 Å². The van der Waals surface area contributed by atoms with Gasteiger partial charge >= 0.3 is 0 Å². The molecule has 0 saturated heterocycles. The average Bonchev–Trinajstić information content (AvgIpc) is 2.37. The summed E-state index contributed by atoms with van der Waals surface area (Å²) in [5.74, 6) is 2.91. The lowest BCUT2D eigenvalue weighted by Crippen LogP contribution is -2.37. The summed E-state index contributed by atoms with van der Waals surface area (Å²) in [6.07, 6.45) is 5.17. The van der Waals surface area contributed by atoms with Crippen LogP contribution in [-0.2, 0) is 6.54 Å². The summed E-state index contributed by atoms with van der Waals surface area (Å²) in [5.41, 5.74) is 1.47. The second kappa shape index (κ2) is 9.62. The largest absolute Gasteiger partial charge is 0.357 e. The minimum absolute atomic E-state index is 0. The number of terminal acetylenes is 1. The molecule has 0 unspecified atom stereocenters. The summed E-state index contributed by atoms with van der Waals surface area (Å²) in [4.78, 5) is 4.32. The van der Waals surface area contributed by atoms with Crippen LogP contribution in [0.2, 0.25) is 0 Å². The first-order chi connectivity index (χ1) is 8.67. The maximum absolute atomic E-state index is 13.3. The Bertz CT molecular complexity index is 466. The number of hydrogen-bond donors (Lipinski definition) is 2. The Morgan fingerprint density at radius 2 is 2.16 bits per heavy atom. The number of aryl methyl sites for hydroxylation is 1. The van der Waals surface area contributed by atoms with Crippen LogP contribution in [0, 0.1) is 25.1 Å². The molecule has 0 radical (unpaired) electrons. The van der Waals surface area contributed by atoms with Crippen LogP contribution in [0.1, 0.15) is 18.1 Å². The molecule has 19 heavy (non-hydrogen) atoms. The van der Waals surface area contributed by atoms with Crippen LogP contribution in [0.25, 0.3) is 0 Å². The van der Waals surface area contributed by atoms with E-state index in [4.69, 9.17) is 6.42 Å². The zero-order chi connectivity index (χ0) is 13.4. The van der Waals surface area contributed by atoms with Gasteiger partial charge in [0.2, 0.25) is 0 Å². The molecule has 0 aliphatic carbocycles. The maximum atomic E-state index is 13.3. The van der Waals surface area contributed by atoms with Crippen molar-refractivity contribution in [1.29, 1.82) is 0 Å². The van der Waals surface area contributed by atoms with Gasteiger partial charge in [-0.3, -0.25) is 0 Å². The van der Waals surface area contributed by atoms with E-state index in [0.29, 0.717) is 24.6 Å². The topological polar surface area (TPSA) is 36.4 Å². The van der Waals surface area contributed by atoms with Gasteiger partial charge in [-0.2, -0.15) is 0 Å². The molecule has 0 amide bonds. The van der Waals surface area contributed by atoms with E-state index in [0.717, 1.165) is 12.1 Å². The molecule has 2 N–H and O–H groups in total. The highest BCUT2D eigenvalue weighted by molar-refractivity contribution is 14.0. The molecule has 1 rings (SSSR count). The molecule has 0 spiro atoms. The Kier molecular flexibility index (Phi) is 8.96. The highest BCUT2D eigenvalue weighted by Gasteiger charge is 2.00. The summed E-state index contributed by atoms with van der Waals surface area (Å²) in [5, 5.41) is 6.04. The Morgan fingerprint density at radius 1 is 1.42 bits per heavy atom. The number of hydrogen-bond acceptors (Lipinski definition) is 1. The van der Waals surface area contributed by atoms with Crippen molar-refractivity contribution in [2.45, 2.75) is 20.4 Å². The molecule has 0 aliphatic rings. The van der Waals surface area contributed by atoms with Gasteiger partial charge in [-0.15, -0.1) is 30.4 Å². The van der Waals surface area contributed by atoms with Crippen molar-refractivity contribution < 1.29 is 4.39 Å². The lowest BCUT2D eigenvalue weighted by Gasteiger charge is -2.08. The molecular weight excluding hydrogens is 356 g/mol. The Balaban J connectivity index is 0.00000324. The zero-order valence-corrected chi connectivity index (χ0v) is 13.5. The molecule has 0 fully saturated rings. The van der Waals surface area contributed by atoms with Crippen LogP contribution in [0.15, 0.2) is 23.2 Å². The van der Waals surface area contributed by atoms with E-state index < -0.39 is 0 Å². The minimum Gasteiger partial charge on any atom is -0.357 e. The molecular formula is C14H19FIN3. The second-order valence-corrected chi connectivity index (χ2v) is 3.84. The van der Waals surface area contributed by atoms with Crippen molar-refractivity contribution in [3.63, 3.8) is 0 Å². The van der Waals surface area contributed by atoms with Crippen molar-refractivity contribution in [2.24, 2.45) is 4.99 Å². The zero-order valence-electron chi connectivity index (χ0n) is 11.2. The lowest BCUT2D eigenvalue weighted by molar-refractivity contribution is 0.616. The highest BCUT2D eigenvalue weighted by Crippen LogP contribution is 2.09. The van der Waals surface area contributed by atoms with E-state index in [-0.39, 0.29) is 29.8 Å². The Labute approximate surface area is 131 Å². The molecule has 0 saturated carbocycles. The number of guanidine groups is 1. The first kappa shape index (κ1) is 17.7. The van der Waals surface area contributed by atoms with Crippen LogP contribution in [-0.4, -0.2) is 19.0 Å². The fourth-order valence-electron chi connectivity index (χ4n) is 1.38. The molecule has 0 aliphatic heterocycles. The van der Waals surface area contributed by atoms with Crippen molar-refractivity contribution >= 4 is 29.9 Å². The molecule has 0 atom stereocenters. The summed E-state index contributed by atoms with van der Waals surface area (Å²) in [6.45, 7) is 5.28. The fourth-order valence-corrected chi connectivity index (χ4v) is 1.38. The van der Waals surface area contributed by atoms with Gasteiger partial charge in [0.05, 0.1) is 13.1 Å². The van der Waals surface area contributed by atoms with Crippen molar-refractivity contribution in [2.75, 3.05) is 13.1 Å². The quantitative estimate of drug-likeness (QED) is 0.367. The van der Waals surface area contributed by atoms with Crippen molar-refractivity contribution in [3.05, 3.63) is 35.1 Å². The fraction of sp³-hybridized carbons (Fsp3) is 0.357. The van der Waals surface area contributed by atoms with Gasteiger partial charge < -0.3 is 10.6 Å². The number of aliphatic imine (C=N–C) groups is 1. The van der Waals surface area contributed by atoms with E-state index in [2.05, 4.69) is 21.5 Å². The highest BCUT2D eigenvalue weighted by atomic mass is 127. The Morgan fingerprint density at radius 3 is 2.74 bits per heavy atom. The summed E-state index contributed by atoms with van der Waals surface area (Å²) >= 11 is 0. The van der Waals surface area contributed by atoms with E-state index in [1.807, 2.05) is 13.0 Å². The second-order valence-electron chi connectivity index (χ2n) is 3.84. The van der Waals surface area contributed by atoms with Gasteiger partial charge in [0.1, 0.15) is 5.82 Å². The van der Waals surface area contributed by atoms with Crippen molar-refractivity contribution in [3.8, 4) is 12.3 Å². The molecule has 104 valence electrons. The summed E-state index contributed by atoms with van der Waals surface area (Å²) in [6, 6.07) is 5.12. The maximum Gasteiger partial charge on any atom is 0.192 e. The summed E-state index contributed by atoms with van der Waals surface area (Å²) < 4.78 is 13.3. The molecule has 1 aromatic rings. The van der Waals surface area contributed by atoms with Crippen LogP contribution >= 0.6 is 24.0 Å². The van der Waals surface area contributed by atoms with Gasteiger partial charge in [0, 0.05) is 6.54 Å². The van der Waals surface area contributed by atoms with Gasteiger partial charge in [-0.05, 0) is 31.0 Å².